The molecule has 0 aliphatic heterocycles. The Morgan fingerprint density at radius 1 is 1.03 bits per heavy atom. The molecule has 4 rings (SSSR count). The van der Waals surface area contributed by atoms with Gasteiger partial charge in [0.1, 0.15) is 0 Å². The van der Waals surface area contributed by atoms with Gasteiger partial charge in [-0.2, -0.15) is 0 Å². The van der Waals surface area contributed by atoms with Crippen LogP contribution in [-0.2, 0) is 4.74 Å². The molecule has 0 saturated carbocycles. The quantitative estimate of drug-likeness (QED) is 0.255. The van der Waals surface area contributed by atoms with Gasteiger partial charge in [0.25, 0.3) is 5.91 Å². The van der Waals surface area contributed by atoms with E-state index in [2.05, 4.69) is 21.2 Å². The highest BCUT2D eigenvalue weighted by molar-refractivity contribution is 9.10. The van der Waals surface area contributed by atoms with E-state index in [0.29, 0.717) is 27.7 Å². The highest BCUT2D eigenvalue weighted by Gasteiger charge is 2.22. The Balaban J connectivity index is 1.82. The first-order valence-electron chi connectivity index (χ1n) is 10.4. The Morgan fingerprint density at radius 2 is 1.71 bits per heavy atom. The molecule has 0 saturated heterocycles. The van der Waals surface area contributed by atoms with Crippen LogP contribution in [0, 0.1) is 6.92 Å². The molecule has 0 spiro atoms. The fraction of sp³-hybridized carbons (Fsp3) is 0.115. The summed E-state index contributed by atoms with van der Waals surface area (Å²) in [6.07, 6.45) is 0. The monoisotopic (exact) mass is 556 g/mol. The molecule has 1 amide bonds. The van der Waals surface area contributed by atoms with Crippen molar-refractivity contribution in [3.05, 3.63) is 91.9 Å². The molecule has 0 unspecified atom stereocenters. The summed E-state index contributed by atoms with van der Waals surface area (Å²) in [5.74, 6) is -0.939. The van der Waals surface area contributed by atoms with Gasteiger partial charge in [-0.15, -0.1) is 0 Å². The molecule has 1 N–H and O–H groups in total. The fourth-order valence-corrected chi connectivity index (χ4v) is 4.64. The number of nitrogens with zero attached hydrogens (tertiary/aromatic N) is 1. The lowest BCUT2D eigenvalue weighted by atomic mass is 9.97. The van der Waals surface area contributed by atoms with Crippen LogP contribution in [0.25, 0.3) is 22.2 Å². The molecule has 8 heteroatoms. The minimum absolute atomic E-state index is 0.129. The second kappa shape index (κ2) is 10.1. The summed E-state index contributed by atoms with van der Waals surface area (Å²) in [6.45, 7) is 3.79. The van der Waals surface area contributed by atoms with Crippen molar-refractivity contribution in [3.8, 4) is 11.3 Å². The Hall–Kier alpha value is -2.93. The van der Waals surface area contributed by atoms with E-state index in [1.54, 1.807) is 6.92 Å². The minimum atomic E-state index is -0.544. The van der Waals surface area contributed by atoms with Crippen LogP contribution in [0.3, 0.4) is 0 Å². The van der Waals surface area contributed by atoms with Crippen LogP contribution in [0.4, 0.5) is 5.69 Å². The molecular formula is C26H19BrCl2N2O3. The van der Waals surface area contributed by atoms with Crippen LogP contribution in [0.1, 0.15) is 33.2 Å². The van der Waals surface area contributed by atoms with Gasteiger partial charge >= 0.3 is 5.97 Å². The van der Waals surface area contributed by atoms with Gasteiger partial charge in [-0.3, -0.25) is 4.79 Å². The van der Waals surface area contributed by atoms with Crippen LogP contribution >= 0.6 is 39.1 Å². The summed E-state index contributed by atoms with van der Waals surface area (Å²) in [7, 11) is 0. The van der Waals surface area contributed by atoms with Crippen molar-refractivity contribution < 1.29 is 14.3 Å². The lowest BCUT2D eigenvalue weighted by molar-refractivity contribution is 0.0526. The Kier molecular flexibility index (Phi) is 7.22. The first-order chi connectivity index (χ1) is 16.3. The number of hydrogen-bond acceptors (Lipinski definition) is 4. The number of fused-ring (bicyclic) bond motifs is 1. The SMILES string of the molecule is CCOC(=O)c1cc(Cl)c(NC(=O)c2c(C)c(-c3ccccc3)nc3ccc(Br)cc23)c(Cl)c1. The first kappa shape index (κ1) is 24.2. The molecule has 1 heterocycles. The lowest BCUT2D eigenvalue weighted by Crippen LogP contribution is -2.16. The number of aromatic nitrogens is 1. The van der Waals surface area contributed by atoms with E-state index >= 15 is 0 Å². The largest absolute Gasteiger partial charge is 0.462 e. The molecule has 34 heavy (non-hydrogen) atoms. The molecule has 1 aromatic heterocycles. The molecular weight excluding hydrogens is 539 g/mol. The molecule has 0 aliphatic carbocycles. The normalized spacial score (nSPS) is 10.9. The maximum absolute atomic E-state index is 13.6. The zero-order valence-corrected chi connectivity index (χ0v) is 21.4. The predicted molar refractivity (Wildman–Crippen MR) is 140 cm³/mol. The Morgan fingerprint density at radius 3 is 2.35 bits per heavy atom. The molecule has 5 nitrogen and oxygen atoms in total. The number of esters is 1. The second-order valence-corrected chi connectivity index (χ2v) is 9.21. The van der Waals surface area contributed by atoms with Gasteiger partial charge in [-0.05, 0) is 49.7 Å². The van der Waals surface area contributed by atoms with Gasteiger partial charge in [0, 0.05) is 15.4 Å². The zero-order valence-electron chi connectivity index (χ0n) is 18.3. The highest BCUT2D eigenvalue weighted by Crippen LogP contribution is 2.35. The summed E-state index contributed by atoms with van der Waals surface area (Å²) in [4.78, 5) is 30.5. The third-order valence-corrected chi connectivity index (χ3v) is 6.35. The molecule has 4 aromatic rings. The lowest BCUT2D eigenvalue weighted by Gasteiger charge is -2.16. The van der Waals surface area contributed by atoms with Crippen LogP contribution in [0.15, 0.2) is 65.1 Å². The van der Waals surface area contributed by atoms with Crippen LogP contribution in [0.2, 0.25) is 10.0 Å². The topological polar surface area (TPSA) is 68.3 Å². The average molecular weight is 558 g/mol. The summed E-state index contributed by atoms with van der Waals surface area (Å²) < 4.78 is 5.82. The predicted octanol–water partition coefficient (Wildman–Crippen LogP) is 7.71. The van der Waals surface area contributed by atoms with Gasteiger partial charge in [-0.1, -0.05) is 69.5 Å². The van der Waals surface area contributed by atoms with E-state index in [4.69, 9.17) is 32.9 Å². The number of amides is 1. The van der Waals surface area contributed by atoms with E-state index in [9.17, 15) is 9.59 Å². The van der Waals surface area contributed by atoms with Crippen LogP contribution < -0.4 is 5.32 Å². The number of rotatable bonds is 5. The fourth-order valence-electron chi connectivity index (χ4n) is 3.70. The number of ether oxygens (including phenoxy) is 1. The number of halogens is 3. The van der Waals surface area contributed by atoms with Gasteiger partial charge in [0.2, 0.25) is 0 Å². The van der Waals surface area contributed by atoms with Crippen LogP contribution in [-0.4, -0.2) is 23.5 Å². The molecule has 0 atom stereocenters. The van der Waals surface area contributed by atoms with E-state index in [1.165, 1.54) is 12.1 Å². The number of pyridine rings is 1. The van der Waals surface area contributed by atoms with Crippen LogP contribution in [0.5, 0.6) is 0 Å². The average Bonchev–Trinajstić information content (AvgIpc) is 2.81. The Labute approximate surface area is 215 Å². The van der Waals surface area contributed by atoms with Crippen molar-refractivity contribution in [2.75, 3.05) is 11.9 Å². The van der Waals surface area contributed by atoms with E-state index in [-0.39, 0.29) is 27.9 Å². The second-order valence-electron chi connectivity index (χ2n) is 7.48. The van der Waals surface area contributed by atoms with Gasteiger partial charge in [0.15, 0.2) is 0 Å². The number of nitrogens with one attached hydrogen (secondary N) is 1. The van der Waals surface area contributed by atoms with E-state index < -0.39 is 11.9 Å². The van der Waals surface area contributed by atoms with E-state index in [1.807, 2.05) is 55.5 Å². The maximum Gasteiger partial charge on any atom is 0.338 e. The highest BCUT2D eigenvalue weighted by atomic mass is 79.9. The maximum atomic E-state index is 13.6. The Bertz CT molecular complexity index is 1400. The summed E-state index contributed by atoms with van der Waals surface area (Å²) in [5.41, 5.74) is 3.85. The van der Waals surface area contributed by atoms with Crippen molar-refractivity contribution in [2.24, 2.45) is 0 Å². The summed E-state index contributed by atoms with van der Waals surface area (Å²) >= 11 is 16.3. The van der Waals surface area contributed by atoms with Gasteiger partial charge in [-0.25, -0.2) is 9.78 Å². The van der Waals surface area contributed by atoms with Crippen molar-refractivity contribution >= 4 is 67.6 Å². The van der Waals surface area contributed by atoms with Crippen molar-refractivity contribution in [1.29, 1.82) is 0 Å². The third-order valence-electron chi connectivity index (χ3n) is 5.26. The van der Waals surface area contributed by atoms with Crippen molar-refractivity contribution in [2.45, 2.75) is 13.8 Å². The molecule has 0 bridgehead atoms. The molecule has 0 radical (unpaired) electrons. The van der Waals surface area contributed by atoms with Gasteiger partial charge in [0.05, 0.1) is 44.7 Å². The number of benzene rings is 3. The number of anilines is 1. The summed E-state index contributed by atoms with van der Waals surface area (Å²) in [5, 5.41) is 3.76. The molecule has 0 fully saturated rings. The first-order valence-corrected chi connectivity index (χ1v) is 12.0. The zero-order chi connectivity index (χ0) is 24.4. The van der Waals surface area contributed by atoms with Crippen molar-refractivity contribution in [3.63, 3.8) is 0 Å². The molecule has 0 aliphatic rings. The standard InChI is InChI=1S/C26H19BrCl2N2O3/c1-3-34-26(33)16-11-19(28)24(20(29)12-16)31-25(32)22-14(2)23(15-7-5-4-6-8-15)30-21-10-9-17(27)13-18(21)22/h4-13H,3H2,1-2H3,(H,31,32). The minimum Gasteiger partial charge on any atom is -0.462 e. The third kappa shape index (κ3) is 4.80. The number of carbonyl (C=O) groups is 2. The van der Waals surface area contributed by atoms with Crippen molar-refractivity contribution in [1.82, 2.24) is 4.98 Å². The molecule has 3 aromatic carbocycles. The van der Waals surface area contributed by atoms with Gasteiger partial charge < -0.3 is 10.1 Å². The number of carbonyl (C=O) groups excluding carboxylic acids is 2. The van der Waals surface area contributed by atoms with E-state index in [0.717, 1.165) is 10.0 Å². The summed E-state index contributed by atoms with van der Waals surface area (Å²) in [6, 6.07) is 18.1. The smallest absolute Gasteiger partial charge is 0.338 e. The molecule has 172 valence electrons. The number of hydrogen-bond donors (Lipinski definition) is 1.